The number of carbonyl (C=O) groups excluding carboxylic acids is 5. The minimum Gasteiger partial charge on any atom is -0.480 e. The summed E-state index contributed by atoms with van der Waals surface area (Å²) in [5.41, 5.74) is 17.8. The summed E-state index contributed by atoms with van der Waals surface area (Å²) in [5.74, 6) is -5.67. The van der Waals surface area contributed by atoms with Crippen LogP contribution >= 0.6 is 0 Å². The lowest BCUT2D eigenvalue weighted by atomic mass is 9.98. The average Bonchev–Trinajstić information content (AvgIpc) is 3.31. The number of aromatic nitrogens is 1. The molecule has 0 bridgehead atoms. The number of carbonyl (C=O) groups is 6. The Kier molecular flexibility index (Phi) is 11.6. The maximum absolute atomic E-state index is 13.4. The Morgan fingerprint density at radius 3 is 2.10 bits per heavy atom. The third-order valence-corrected chi connectivity index (χ3v) is 6.62. The van der Waals surface area contributed by atoms with E-state index in [2.05, 4.69) is 20.9 Å². The summed E-state index contributed by atoms with van der Waals surface area (Å²) >= 11 is 0. The Bertz CT molecular complexity index is 1240. The molecule has 2 aromatic rings. The van der Waals surface area contributed by atoms with Crippen LogP contribution in [0.3, 0.4) is 0 Å². The number of primary amides is 2. The molecule has 14 nitrogen and oxygen atoms in total. The molecule has 1 aromatic carbocycles. The highest BCUT2D eigenvalue weighted by Gasteiger charge is 2.32. The van der Waals surface area contributed by atoms with Gasteiger partial charge >= 0.3 is 5.97 Å². The first kappa shape index (κ1) is 31.8. The number of amides is 5. The Morgan fingerprint density at radius 1 is 0.900 bits per heavy atom. The van der Waals surface area contributed by atoms with E-state index >= 15 is 0 Å². The molecule has 11 N–H and O–H groups in total. The molecule has 1 heterocycles. The summed E-state index contributed by atoms with van der Waals surface area (Å²) < 4.78 is 0. The van der Waals surface area contributed by atoms with Crippen molar-refractivity contribution in [3.05, 3.63) is 36.0 Å². The number of rotatable bonds is 16. The van der Waals surface area contributed by atoms with E-state index in [-0.39, 0.29) is 25.2 Å². The molecule has 2 rings (SSSR count). The van der Waals surface area contributed by atoms with E-state index in [9.17, 15) is 33.9 Å². The van der Waals surface area contributed by atoms with Crippen LogP contribution in [0.5, 0.6) is 0 Å². The molecular weight excluding hydrogens is 522 g/mol. The number of H-pyrrole nitrogens is 1. The number of carboxylic acids is 1. The maximum Gasteiger partial charge on any atom is 0.326 e. The van der Waals surface area contributed by atoms with Crippen molar-refractivity contribution in [2.75, 3.05) is 0 Å². The second-order valence-corrected chi connectivity index (χ2v) is 9.67. The minimum atomic E-state index is -1.63. The van der Waals surface area contributed by atoms with E-state index in [4.69, 9.17) is 17.2 Å². The first-order valence-corrected chi connectivity index (χ1v) is 12.8. The van der Waals surface area contributed by atoms with Gasteiger partial charge in [-0.2, -0.15) is 0 Å². The summed E-state index contributed by atoms with van der Waals surface area (Å²) in [7, 11) is 0. The van der Waals surface area contributed by atoms with E-state index < -0.39 is 66.1 Å². The van der Waals surface area contributed by atoms with Gasteiger partial charge in [-0.15, -0.1) is 0 Å². The molecular formula is C26H37N7O7. The van der Waals surface area contributed by atoms with Gasteiger partial charge in [-0.05, 0) is 24.0 Å². The Balaban J connectivity index is 2.35. The molecule has 0 radical (unpaired) electrons. The number of carboxylic acid groups (broad SMARTS) is 1. The van der Waals surface area contributed by atoms with Gasteiger partial charge in [0.2, 0.25) is 29.5 Å². The summed E-state index contributed by atoms with van der Waals surface area (Å²) in [5, 5.41) is 17.5. The van der Waals surface area contributed by atoms with Crippen LogP contribution in [0.25, 0.3) is 10.9 Å². The lowest BCUT2D eigenvalue weighted by Gasteiger charge is -2.26. The number of aromatic amines is 1. The molecule has 1 aromatic heterocycles. The van der Waals surface area contributed by atoms with Gasteiger partial charge < -0.3 is 43.2 Å². The molecule has 0 aliphatic heterocycles. The number of nitrogens with two attached hydrogens (primary N) is 3. The lowest BCUT2D eigenvalue weighted by molar-refractivity contribution is -0.143. The van der Waals surface area contributed by atoms with Gasteiger partial charge in [0.25, 0.3) is 0 Å². The number of para-hydroxylation sites is 1. The van der Waals surface area contributed by atoms with Gasteiger partial charge in [-0.1, -0.05) is 38.5 Å². The van der Waals surface area contributed by atoms with Crippen molar-refractivity contribution in [1.82, 2.24) is 20.9 Å². The number of fused-ring (bicyclic) bond motifs is 1. The highest BCUT2D eigenvalue weighted by molar-refractivity contribution is 5.95. The topological polar surface area (TPSA) is 253 Å². The SMILES string of the molecule is CCC(C)C(N)C(=O)NC(CCC(N)=O)C(=O)NC(Cc1c[nH]c2ccccc12)C(=O)NC(CC(N)=O)C(=O)O. The molecule has 0 aliphatic carbocycles. The Labute approximate surface area is 230 Å². The van der Waals surface area contributed by atoms with Crippen LogP contribution in [0.1, 0.15) is 45.1 Å². The number of benzene rings is 1. The van der Waals surface area contributed by atoms with Crippen molar-refractivity contribution in [1.29, 1.82) is 0 Å². The Hall–Kier alpha value is -4.46. The maximum atomic E-state index is 13.4. The normalized spacial score (nSPS) is 14.8. The van der Waals surface area contributed by atoms with Crippen molar-refractivity contribution >= 4 is 46.4 Å². The summed E-state index contributed by atoms with van der Waals surface area (Å²) in [6.07, 6.45) is 1.10. The van der Waals surface area contributed by atoms with Crippen LogP contribution in [0.4, 0.5) is 0 Å². The highest BCUT2D eigenvalue weighted by Crippen LogP contribution is 2.19. The zero-order chi connectivity index (χ0) is 30.0. The first-order valence-electron chi connectivity index (χ1n) is 12.8. The van der Waals surface area contributed by atoms with Crippen molar-refractivity contribution in [3.8, 4) is 0 Å². The molecule has 0 aliphatic rings. The standard InChI is InChI=1S/C26H37N7O7/c1-3-13(2)22(29)25(38)31-17(8-9-20(27)34)23(36)32-18(24(37)33-19(26(39)40)11-21(28)35)10-14-12-30-16-7-5-4-6-15(14)16/h4-7,12-13,17-19,22,30H,3,8-11,29H2,1-2H3,(H2,27,34)(H2,28,35)(H,31,38)(H,32,36)(H,33,37)(H,39,40). The molecule has 5 amide bonds. The molecule has 0 saturated carbocycles. The van der Waals surface area contributed by atoms with Gasteiger partial charge in [0, 0.05) is 29.9 Å². The molecule has 5 unspecified atom stereocenters. The zero-order valence-corrected chi connectivity index (χ0v) is 22.4. The van der Waals surface area contributed by atoms with Crippen LogP contribution in [0, 0.1) is 5.92 Å². The quantitative estimate of drug-likeness (QED) is 0.123. The fourth-order valence-electron chi connectivity index (χ4n) is 4.01. The van der Waals surface area contributed by atoms with Gasteiger partial charge in [0.05, 0.1) is 12.5 Å². The fourth-order valence-corrected chi connectivity index (χ4v) is 4.01. The Morgan fingerprint density at radius 2 is 1.50 bits per heavy atom. The van der Waals surface area contributed by atoms with Crippen LogP contribution < -0.4 is 33.2 Å². The largest absolute Gasteiger partial charge is 0.480 e. The molecule has 40 heavy (non-hydrogen) atoms. The van der Waals surface area contributed by atoms with E-state index in [0.29, 0.717) is 12.0 Å². The number of aliphatic carboxylic acids is 1. The first-order chi connectivity index (χ1) is 18.8. The lowest BCUT2D eigenvalue weighted by Crippen LogP contribution is -2.58. The highest BCUT2D eigenvalue weighted by atomic mass is 16.4. The average molecular weight is 560 g/mol. The van der Waals surface area contributed by atoms with E-state index in [1.165, 1.54) is 0 Å². The molecule has 0 spiro atoms. The van der Waals surface area contributed by atoms with E-state index in [1.54, 1.807) is 25.3 Å². The number of nitrogens with one attached hydrogen (secondary N) is 4. The second-order valence-electron chi connectivity index (χ2n) is 9.67. The van der Waals surface area contributed by atoms with Gasteiger partial charge in [-0.25, -0.2) is 4.79 Å². The summed E-state index contributed by atoms with van der Waals surface area (Å²) in [4.78, 5) is 76.8. The fraction of sp³-hybridized carbons (Fsp3) is 0.462. The van der Waals surface area contributed by atoms with Gasteiger partial charge in [0.15, 0.2) is 0 Å². The van der Waals surface area contributed by atoms with E-state index in [1.807, 2.05) is 19.1 Å². The molecule has 0 fully saturated rings. The van der Waals surface area contributed by atoms with E-state index in [0.717, 1.165) is 10.9 Å². The molecule has 5 atom stereocenters. The third kappa shape index (κ3) is 9.08. The van der Waals surface area contributed by atoms with Gasteiger partial charge in [0.1, 0.15) is 18.1 Å². The van der Waals surface area contributed by atoms with Crippen molar-refractivity contribution in [2.45, 2.75) is 70.1 Å². The van der Waals surface area contributed by atoms with Crippen LogP contribution in [-0.2, 0) is 35.2 Å². The number of hydrogen-bond acceptors (Lipinski definition) is 7. The van der Waals surface area contributed by atoms with Crippen LogP contribution in [0.2, 0.25) is 0 Å². The van der Waals surface area contributed by atoms with Crippen molar-refractivity contribution in [3.63, 3.8) is 0 Å². The van der Waals surface area contributed by atoms with Gasteiger partial charge in [-0.3, -0.25) is 24.0 Å². The monoisotopic (exact) mass is 559 g/mol. The summed E-state index contributed by atoms with van der Waals surface area (Å²) in [6, 6.07) is 2.05. The predicted molar refractivity (Wildman–Crippen MR) is 145 cm³/mol. The predicted octanol–water partition coefficient (Wildman–Crippen LogP) is -1.24. The smallest absolute Gasteiger partial charge is 0.326 e. The minimum absolute atomic E-state index is 0.0760. The number of hydrogen-bond donors (Lipinski definition) is 8. The second kappa shape index (κ2) is 14.6. The molecule has 14 heteroatoms. The summed E-state index contributed by atoms with van der Waals surface area (Å²) in [6.45, 7) is 3.63. The van der Waals surface area contributed by atoms with Crippen LogP contribution in [0.15, 0.2) is 30.5 Å². The van der Waals surface area contributed by atoms with Crippen molar-refractivity contribution in [2.24, 2.45) is 23.1 Å². The molecule has 218 valence electrons. The molecule has 0 saturated heterocycles. The third-order valence-electron chi connectivity index (χ3n) is 6.62. The van der Waals surface area contributed by atoms with Crippen LogP contribution in [-0.4, -0.2) is 69.8 Å². The zero-order valence-electron chi connectivity index (χ0n) is 22.4. The van der Waals surface area contributed by atoms with Crippen molar-refractivity contribution < 1.29 is 33.9 Å².